The third-order valence-electron chi connectivity index (χ3n) is 4.43. The fraction of sp³-hybridized carbons (Fsp3) is 0.263. The van der Waals surface area contributed by atoms with Gasteiger partial charge in [0.15, 0.2) is 11.0 Å². The lowest BCUT2D eigenvalue weighted by Crippen LogP contribution is -2.37. The molecule has 150 valence electrons. The standard InChI is InChI=1S/C19H19ClN6O2S/c1-12-15(20)23-16(24-17(12)26-7-9-28-10-8-26)13-2-4-14(5-3-13)22-18(27)25-19-21-6-11-29-19/h2-6,11H,7-10H2,1H3,(H2,21,22,25,27). The van der Waals surface area contributed by atoms with Gasteiger partial charge in [0, 0.05) is 41.5 Å². The van der Waals surface area contributed by atoms with Gasteiger partial charge in [0.25, 0.3) is 0 Å². The maximum Gasteiger partial charge on any atom is 0.325 e. The van der Waals surface area contributed by atoms with Crippen molar-refractivity contribution in [2.24, 2.45) is 0 Å². The molecular formula is C19H19ClN6O2S. The van der Waals surface area contributed by atoms with Crippen molar-refractivity contribution in [2.75, 3.05) is 41.8 Å². The molecule has 2 amide bonds. The van der Waals surface area contributed by atoms with Gasteiger partial charge in [-0.2, -0.15) is 0 Å². The van der Waals surface area contributed by atoms with E-state index >= 15 is 0 Å². The molecule has 10 heteroatoms. The van der Waals surface area contributed by atoms with Crippen molar-refractivity contribution in [3.8, 4) is 11.4 Å². The number of anilines is 3. The lowest BCUT2D eigenvalue weighted by molar-refractivity contribution is 0.122. The van der Waals surface area contributed by atoms with Crippen LogP contribution in [0.1, 0.15) is 5.56 Å². The number of morpholine rings is 1. The first-order valence-corrected chi connectivity index (χ1v) is 10.3. The first-order valence-electron chi connectivity index (χ1n) is 9.05. The number of ether oxygens (including phenoxy) is 1. The number of hydrogen-bond donors (Lipinski definition) is 2. The minimum atomic E-state index is -0.350. The van der Waals surface area contributed by atoms with Gasteiger partial charge in [-0.05, 0) is 31.2 Å². The summed E-state index contributed by atoms with van der Waals surface area (Å²) in [4.78, 5) is 27.4. The summed E-state index contributed by atoms with van der Waals surface area (Å²) >= 11 is 7.73. The molecule has 0 atom stereocenters. The number of nitrogens with zero attached hydrogens (tertiary/aromatic N) is 4. The molecule has 1 aromatic carbocycles. The second-order valence-electron chi connectivity index (χ2n) is 6.38. The fourth-order valence-electron chi connectivity index (χ4n) is 2.94. The Labute approximate surface area is 176 Å². The van der Waals surface area contributed by atoms with Gasteiger partial charge in [-0.15, -0.1) is 11.3 Å². The van der Waals surface area contributed by atoms with Crippen LogP contribution >= 0.6 is 22.9 Å². The van der Waals surface area contributed by atoms with Gasteiger partial charge in [-0.3, -0.25) is 5.32 Å². The average Bonchev–Trinajstić information content (AvgIpc) is 3.24. The fourth-order valence-corrected chi connectivity index (χ4v) is 3.63. The lowest BCUT2D eigenvalue weighted by atomic mass is 10.2. The van der Waals surface area contributed by atoms with Crippen molar-refractivity contribution in [1.29, 1.82) is 0 Å². The van der Waals surface area contributed by atoms with E-state index in [2.05, 4.69) is 25.5 Å². The van der Waals surface area contributed by atoms with E-state index in [1.807, 2.05) is 19.1 Å². The highest BCUT2D eigenvalue weighted by atomic mass is 35.5. The first-order chi connectivity index (χ1) is 14.1. The Morgan fingerprint density at radius 3 is 2.62 bits per heavy atom. The third-order valence-corrected chi connectivity index (χ3v) is 5.48. The van der Waals surface area contributed by atoms with Crippen LogP contribution in [0, 0.1) is 6.92 Å². The minimum Gasteiger partial charge on any atom is -0.378 e. The lowest BCUT2D eigenvalue weighted by Gasteiger charge is -2.29. The molecule has 2 N–H and O–H groups in total. The summed E-state index contributed by atoms with van der Waals surface area (Å²) in [5.74, 6) is 1.37. The second-order valence-corrected chi connectivity index (χ2v) is 7.63. The van der Waals surface area contributed by atoms with E-state index in [4.69, 9.17) is 21.3 Å². The summed E-state index contributed by atoms with van der Waals surface area (Å²) < 4.78 is 5.42. The highest BCUT2D eigenvalue weighted by molar-refractivity contribution is 7.13. The highest BCUT2D eigenvalue weighted by Crippen LogP contribution is 2.28. The van der Waals surface area contributed by atoms with Crippen LogP contribution in [0.2, 0.25) is 5.15 Å². The maximum absolute atomic E-state index is 12.0. The predicted molar refractivity (Wildman–Crippen MR) is 115 cm³/mol. The molecule has 0 aliphatic carbocycles. The zero-order valence-electron chi connectivity index (χ0n) is 15.7. The molecule has 1 saturated heterocycles. The van der Waals surface area contributed by atoms with Crippen molar-refractivity contribution in [1.82, 2.24) is 15.0 Å². The molecular weight excluding hydrogens is 412 g/mol. The van der Waals surface area contributed by atoms with Crippen molar-refractivity contribution >= 4 is 45.6 Å². The smallest absolute Gasteiger partial charge is 0.325 e. The summed E-state index contributed by atoms with van der Waals surface area (Å²) in [7, 11) is 0. The number of carbonyl (C=O) groups excluding carboxylic acids is 1. The highest BCUT2D eigenvalue weighted by Gasteiger charge is 2.19. The Hall–Kier alpha value is -2.75. The third kappa shape index (κ3) is 4.64. The number of halogens is 1. The van der Waals surface area contributed by atoms with Gasteiger partial charge >= 0.3 is 6.03 Å². The Morgan fingerprint density at radius 2 is 1.93 bits per heavy atom. The summed E-state index contributed by atoms with van der Waals surface area (Å²) in [6, 6.07) is 6.94. The van der Waals surface area contributed by atoms with Crippen LogP contribution in [0.5, 0.6) is 0 Å². The summed E-state index contributed by atoms with van der Waals surface area (Å²) in [6.45, 7) is 4.79. The zero-order chi connectivity index (χ0) is 20.2. The molecule has 0 bridgehead atoms. The van der Waals surface area contributed by atoms with Crippen molar-refractivity contribution < 1.29 is 9.53 Å². The van der Waals surface area contributed by atoms with Crippen molar-refractivity contribution in [3.05, 3.63) is 46.6 Å². The van der Waals surface area contributed by atoms with Crippen molar-refractivity contribution in [3.63, 3.8) is 0 Å². The van der Waals surface area contributed by atoms with Crippen LogP contribution in [-0.2, 0) is 4.74 Å². The number of benzene rings is 1. The molecule has 3 heterocycles. The molecule has 0 unspecified atom stereocenters. The first kappa shape index (κ1) is 19.6. The number of hydrogen-bond acceptors (Lipinski definition) is 7. The topological polar surface area (TPSA) is 92.3 Å². The normalized spacial score (nSPS) is 13.9. The van der Waals surface area contributed by atoms with E-state index in [1.165, 1.54) is 11.3 Å². The number of aromatic nitrogens is 3. The molecule has 29 heavy (non-hydrogen) atoms. The second kappa shape index (κ2) is 8.73. The predicted octanol–water partition coefficient (Wildman–Crippen LogP) is 4.04. The van der Waals surface area contributed by atoms with Gasteiger partial charge in [0.1, 0.15) is 11.0 Å². The number of nitrogens with one attached hydrogen (secondary N) is 2. The van der Waals surface area contributed by atoms with Gasteiger partial charge in [-0.25, -0.2) is 19.7 Å². The molecule has 8 nitrogen and oxygen atoms in total. The largest absolute Gasteiger partial charge is 0.378 e. The number of rotatable bonds is 4. The zero-order valence-corrected chi connectivity index (χ0v) is 17.3. The summed E-state index contributed by atoms with van der Waals surface area (Å²) in [5.41, 5.74) is 2.32. The Bertz CT molecular complexity index is 991. The van der Waals surface area contributed by atoms with Gasteiger partial charge < -0.3 is 15.0 Å². The molecule has 0 spiro atoms. The monoisotopic (exact) mass is 430 g/mol. The Morgan fingerprint density at radius 1 is 1.17 bits per heavy atom. The number of thiazole rings is 1. The van der Waals surface area contributed by atoms with Crippen molar-refractivity contribution in [2.45, 2.75) is 6.92 Å². The minimum absolute atomic E-state index is 0.350. The van der Waals surface area contributed by atoms with Crippen LogP contribution in [0.3, 0.4) is 0 Å². The molecule has 0 saturated carbocycles. The summed E-state index contributed by atoms with van der Waals surface area (Å²) in [6.07, 6.45) is 1.63. The average molecular weight is 431 g/mol. The van der Waals surface area contributed by atoms with Crippen LogP contribution in [0.4, 0.5) is 21.4 Å². The quantitative estimate of drug-likeness (QED) is 0.607. The van der Waals surface area contributed by atoms with E-state index < -0.39 is 0 Å². The Kier molecular flexibility index (Phi) is 5.89. The molecule has 1 fully saturated rings. The Balaban J connectivity index is 1.51. The van der Waals surface area contributed by atoms with Gasteiger partial charge in [0.2, 0.25) is 0 Å². The van der Waals surface area contributed by atoms with E-state index in [1.54, 1.807) is 23.7 Å². The van der Waals surface area contributed by atoms with Crippen LogP contribution in [0.15, 0.2) is 35.8 Å². The molecule has 0 radical (unpaired) electrons. The van der Waals surface area contributed by atoms with E-state index in [-0.39, 0.29) is 6.03 Å². The van der Waals surface area contributed by atoms with Crippen LogP contribution < -0.4 is 15.5 Å². The van der Waals surface area contributed by atoms with Gasteiger partial charge in [-0.1, -0.05) is 11.6 Å². The van der Waals surface area contributed by atoms with E-state index in [9.17, 15) is 4.79 Å². The molecule has 3 aromatic rings. The van der Waals surface area contributed by atoms with E-state index in [0.29, 0.717) is 35.0 Å². The number of carbonyl (C=O) groups is 1. The molecule has 1 aliphatic rings. The summed E-state index contributed by atoms with van der Waals surface area (Å²) in [5, 5.41) is 8.21. The van der Waals surface area contributed by atoms with Gasteiger partial charge in [0.05, 0.1) is 13.2 Å². The number of amides is 2. The number of urea groups is 1. The molecule has 2 aromatic heterocycles. The molecule has 1 aliphatic heterocycles. The van der Waals surface area contributed by atoms with Crippen LogP contribution in [0.25, 0.3) is 11.4 Å². The van der Waals surface area contributed by atoms with Crippen LogP contribution in [-0.4, -0.2) is 47.3 Å². The molecule has 4 rings (SSSR count). The SMILES string of the molecule is Cc1c(Cl)nc(-c2ccc(NC(=O)Nc3nccs3)cc2)nc1N1CCOCC1. The van der Waals surface area contributed by atoms with E-state index in [0.717, 1.165) is 30.0 Å². The maximum atomic E-state index is 12.0.